The molecule has 0 aliphatic carbocycles. The first-order valence-corrected chi connectivity index (χ1v) is 16.3. The predicted octanol–water partition coefficient (Wildman–Crippen LogP) is 2.96. The molecule has 2 amide bonds. The van der Waals surface area contributed by atoms with Gasteiger partial charge in [-0.25, -0.2) is 4.79 Å². The van der Waals surface area contributed by atoms with Gasteiger partial charge in [-0.3, -0.25) is 20.0 Å². The Bertz CT molecular complexity index is 1400. The topological polar surface area (TPSA) is 189 Å². The molecule has 2 aliphatic rings. The molecule has 2 saturated heterocycles. The number of ether oxygens (including phenoxy) is 2. The first-order valence-electron chi connectivity index (χ1n) is 16.3. The van der Waals surface area contributed by atoms with E-state index in [9.17, 15) is 29.7 Å². The summed E-state index contributed by atoms with van der Waals surface area (Å²) in [7, 11) is 2.88. The molecular formula is C36H55N3O10. The summed E-state index contributed by atoms with van der Waals surface area (Å²) in [5, 5.41) is 54.6. The van der Waals surface area contributed by atoms with Gasteiger partial charge in [0, 0.05) is 20.7 Å². The number of cyclic esters (lactones) is 1. The van der Waals surface area contributed by atoms with Gasteiger partial charge in [-0.15, -0.1) is 5.23 Å². The van der Waals surface area contributed by atoms with Gasteiger partial charge < -0.3 is 35.0 Å². The molecule has 274 valence electrons. The van der Waals surface area contributed by atoms with Crippen LogP contribution in [0.5, 0.6) is 0 Å². The first-order chi connectivity index (χ1) is 22.7. The van der Waals surface area contributed by atoms with Crippen LogP contribution in [0.25, 0.3) is 0 Å². The number of hydrogen-bond acceptors (Lipinski definition) is 11. The quantitative estimate of drug-likeness (QED) is 0.0794. The fourth-order valence-corrected chi connectivity index (χ4v) is 6.48. The summed E-state index contributed by atoms with van der Waals surface area (Å²) in [5.41, 5.74) is -3.08. The number of likely N-dealkylation sites (N-methyl/N-ethyl adjacent to an activating group) is 1. The third kappa shape index (κ3) is 8.25. The standard InChI is InChI=1S/C36H55N3O10/c1-22(26(5)39(46)47)17-13-11-14-18-23(2)30(41)34(7,8)32(43)37-20-16-12-15-19-28(40)24(3)21-29(48-10)36(45)25(4)31(42)38(9)35(36)27(6)49-33(35)44/h11-19,24-25,27-30,40-41,45-47H,20-21H2,1-10H3,(H,37,43). The van der Waals surface area contributed by atoms with Crippen molar-refractivity contribution in [3.05, 3.63) is 71.5 Å². The number of carbonyl (C=O) groups is 3. The van der Waals surface area contributed by atoms with E-state index < -0.39 is 58.8 Å². The summed E-state index contributed by atoms with van der Waals surface area (Å²) < 4.78 is 10.9. The van der Waals surface area contributed by atoms with Crippen LogP contribution in [0.15, 0.2) is 71.5 Å². The highest BCUT2D eigenvalue weighted by Gasteiger charge is 2.80. The number of aliphatic hydroxyl groups excluding tert-OH is 2. The molecule has 0 aromatic carbocycles. The molecule has 8 unspecified atom stereocenters. The number of methoxy groups -OCH3 is 1. The molecule has 2 aliphatic heterocycles. The van der Waals surface area contributed by atoms with Gasteiger partial charge in [-0.2, -0.15) is 0 Å². The van der Waals surface area contributed by atoms with Gasteiger partial charge in [-0.1, -0.05) is 68.5 Å². The van der Waals surface area contributed by atoms with E-state index in [0.29, 0.717) is 11.1 Å². The molecule has 49 heavy (non-hydrogen) atoms. The third-order valence-electron chi connectivity index (χ3n) is 10.1. The fourth-order valence-electron chi connectivity index (χ4n) is 6.48. The van der Waals surface area contributed by atoms with Crippen LogP contribution in [0.4, 0.5) is 0 Å². The molecule has 0 aromatic heterocycles. The summed E-state index contributed by atoms with van der Waals surface area (Å²) >= 11 is 0. The van der Waals surface area contributed by atoms with Crippen molar-refractivity contribution in [2.24, 2.45) is 17.3 Å². The van der Waals surface area contributed by atoms with Gasteiger partial charge in [0.25, 0.3) is 0 Å². The van der Waals surface area contributed by atoms with Crippen molar-refractivity contribution in [1.29, 1.82) is 0 Å². The second kappa shape index (κ2) is 16.9. The highest BCUT2D eigenvalue weighted by molar-refractivity contribution is 5.99. The maximum Gasteiger partial charge on any atom is 0.339 e. The maximum absolute atomic E-state index is 12.9. The number of hydrogen-bond donors (Lipinski definition) is 6. The van der Waals surface area contributed by atoms with Crippen molar-refractivity contribution >= 4 is 17.8 Å². The first kappa shape index (κ1) is 41.6. The Morgan fingerprint density at radius 3 is 2.29 bits per heavy atom. The lowest BCUT2D eigenvalue weighted by Crippen LogP contribution is -2.80. The van der Waals surface area contributed by atoms with E-state index in [1.54, 1.807) is 110 Å². The summed E-state index contributed by atoms with van der Waals surface area (Å²) in [6.07, 6.45) is 11.5. The number of nitrogens with zero attached hydrogens (tertiary/aromatic N) is 2. The number of rotatable bonds is 16. The minimum atomic E-state index is -1.87. The van der Waals surface area contributed by atoms with Crippen LogP contribution < -0.4 is 5.32 Å². The van der Waals surface area contributed by atoms with Crippen molar-refractivity contribution in [3.63, 3.8) is 0 Å². The zero-order chi connectivity index (χ0) is 37.5. The van der Waals surface area contributed by atoms with Gasteiger partial charge >= 0.3 is 5.97 Å². The highest BCUT2D eigenvalue weighted by Crippen LogP contribution is 2.54. The molecule has 2 fully saturated rings. The zero-order valence-corrected chi connectivity index (χ0v) is 30.2. The average molecular weight is 690 g/mol. The zero-order valence-electron chi connectivity index (χ0n) is 30.2. The van der Waals surface area contributed by atoms with E-state index in [-0.39, 0.29) is 35.7 Å². The molecule has 1 spiro atoms. The molecule has 13 nitrogen and oxygen atoms in total. The molecule has 0 aromatic rings. The average Bonchev–Trinajstić information content (AvgIpc) is 3.22. The van der Waals surface area contributed by atoms with E-state index in [2.05, 4.69) is 5.32 Å². The van der Waals surface area contributed by atoms with E-state index in [1.165, 1.54) is 19.1 Å². The summed E-state index contributed by atoms with van der Waals surface area (Å²) in [6.45, 7) is 13.4. The normalized spacial score (nSPS) is 28.0. The molecule has 8 atom stereocenters. The minimum Gasteiger partial charge on any atom is -0.457 e. The summed E-state index contributed by atoms with van der Waals surface area (Å²) in [4.78, 5) is 39.8. The van der Waals surface area contributed by atoms with Crippen LogP contribution in [0.3, 0.4) is 0 Å². The lowest BCUT2D eigenvalue weighted by atomic mass is 9.65. The lowest BCUT2D eigenvalue weighted by Gasteiger charge is -2.55. The number of aliphatic hydroxyl groups is 3. The van der Waals surface area contributed by atoms with E-state index in [0.717, 1.165) is 0 Å². The second-order valence-electron chi connectivity index (χ2n) is 13.5. The Labute approximate surface area is 289 Å². The van der Waals surface area contributed by atoms with Gasteiger partial charge in [0.15, 0.2) is 0 Å². The monoisotopic (exact) mass is 689 g/mol. The Morgan fingerprint density at radius 1 is 1.10 bits per heavy atom. The van der Waals surface area contributed by atoms with Crippen LogP contribution in [-0.4, -0.2) is 110 Å². The van der Waals surface area contributed by atoms with Crippen molar-refractivity contribution < 1.29 is 49.6 Å². The molecule has 2 rings (SSSR count). The Hall–Kier alpha value is -3.59. The van der Waals surface area contributed by atoms with Crippen LogP contribution in [-0.2, 0) is 23.9 Å². The lowest BCUT2D eigenvalue weighted by molar-refractivity contribution is -0.278. The van der Waals surface area contributed by atoms with Gasteiger partial charge in [0.2, 0.25) is 17.4 Å². The van der Waals surface area contributed by atoms with Gasteiger partial charge in [-0.05, 0) is 65.0 Å². The van der Waals surface area contributed by atoms with Crippen LogP contribution >= 0.6 is 0 Å². The molecule has 6 N–H and O–H groups in total. The largest absolute Gasteiger partial charge is 0.457 e. The van der Waals surface area contributed by atoms with Crippen molar-refractivity contribution in [2.45, 2.75) is 97.4 Å². The predicted molar refractivity (Wildman–Crippen MR) is 183 cm³/mol. The van der Waals surface area contributed by atoms with E-state index >= 15 is 0 Å². The van der Waals surface area contributed by atoms with E-state index in [4.69, 9.17) is 19.9 Å². The van der Waals surface area contributed by atoms with Crippen LogP contribution in [0.1, 0.15) is 61.8 Å². The third-order valence-corrected chi connectivity index (χ3v) is 10.1. The summed E-state index contributed by atoms with van der Waals surface area (Å²) in [5.74, 6) is -2.79. The molecular weight excluding hydrogens is 634 g/mol. The Morgan fingerprint density at radius 2 is 1.73 bits per heavy atom. The Balaban J connectivity index is 1.94. The fraction of sp³-hybridized carbons (Fsp3) is 0.583. The minimum absolute atomic E-state index is 0.0519. The number of carbonyl (C=O) groups excluding carboxylic acids is 3. The van der Waals surface area contributed by atoms with Crippen LogP contribution in [0.2, 0.25) is 0 Å². The van der Waals surface area contributed by atoms with Crippen molar-refractivity contribution in [1.82, 2.24) is 15.4 Å². The SMILES string of the molecule is COC(CC(C)C(O)C=CC=CCNC(=O)C(C)(C)C(O)C(C)=CC=CC=CC(C)=C(C)N(O)O)C1(O)C(C)C(=O)N(C)C12C(=O)OC2C. The molecule has 2 heterocycles. The molecule has 13 heteroatoms. The maximum atomic E-state index is 12.9. The van der Waals surface area contributed by atoms with Gasteiger partial charge in [0.1, 0.15) is 11.7 Å². The van der Waals surface area contributed by atoms with Crippen molar-refractivity contribution in [3.8, 4) is 0 Å². The molecule has 0 bridgehead atoms. The number of esters is 1. The summed E-state index contributed by atoms with van der Waals surface area (Å²) in [6, 6.07) is 0. The molecule has 0 saturated carbocycles. The van der Waals surface area contributed by atoms with Gasteiger partial charge in [0.05, 0.1) is 35.3 Å². The van der Waals surface area contributed by atoms with Crippen LogP contribution in [0, 0.1) is 17.3 Å². The molecule has 0 radical (unpaired) electrons. The number of likely N-dealkylation sites (tertiary alicyclic amines) is 1. The number of amides is 2. The second-order valence-corrected chi connectivity index (χ2v) is 13.5. The Kier molecular flexibility index (Phi) is 14.3. The van der Waals surface area contributed by atoms with Crippen molar-refractivity contribution in [2.75, 3.05) is 20.7 Å². The highest BCUT2D eigenvalue weighted by atomic mass is 16.8. The van der Waals surface area contributed by atoms with E-state index in [1.807, 2.05) is 0 Å². The number of nitrogens with one attached hydrogen (secondary N) is 1. The number of hydroxylamine groups is 2. The number of allylic oxidation sites excluding steroid dienone is 9. The smallest absolute Gasteiger partial charge is 0.339 e.